The fourth-order valence-electron chi connectivity index (χ4n) is 4.25. The smallest absolute Gasteiger partial charge is 0.137 e. The first-order valence-corrected chi connectivity index (χ1v) is 9.74. The van der Waals surface area contributed by atoms with E-state index in [-0.39, 0.29) is 11.7 Å². The summed E-state index contributed by atoms with van der Waals surface area (Å²) in [5, 5.41) is 9.43. The van der Waals surface area contributed by atoms with Gasteiger partial charge >= 0.3 is 0 Å². The highest BCUT2D eigenvalue weighted by Gasteiger charge is 2.42. The van der Waals surface area contributed by atoms with Crippen LogP contribution in [0.3, 0.4) is 0 Å². The van der Waals surface area contributed by atoms with Gasteiger partial charge in [0.2, 0.25) is 0 Å². The van der Waals surface area contributed by atoms with Gasteiger partial charge in [0.15, 0.2) is 0 Å². The monoisotopic (exact) mass is 362 g/mol. The molecule has 0 radical (unpaired) electrons. The van der Waals surface area contributed by atoms with E-state index in [0.29, 0.717) is 11.3 Å². The molecule has 27 heavy (non-hydrogen) atoms. The first-order valence-electron chi connectivity index (χ1n) is 9.74. The van der Waals surface area contributed by atoms with Gasteiger partial charge in [0.1, 0.15) is 11.8 Å². The van der Waals surface area contributed by atoms with Gasteiger partial charge < -0.3 is 9.47 Å². The van der Waals surface area contributed by atoms with E-state index in [9.17, 15) is 5.26 Å². The van der Waals surface area contributed by atoms with Crippen molar-refractivity contribution < 1.29 is 9.47 Å². The number of nitriles is 1. The lowest BCUT2D eigenvalue weighted by Crippen LogP contribution is -2.42. The van der Waals surface area contributed by atoms with Crippen molar-refractivity contribution in [2.75, 3.05) is 13.1 Å². The summed E-state index contributed by atoms with van der Waals surface area (Å²) in [6, 6.07) is 16.8. The number of nitrogens with zero attached hydrogens (tertiary/aromatic N) is 2. The third-order valence-corrected chi connectivity index (χ3v) is 5.61. The summed E-state index contributed by atoms with van der Waals surface area (Å²) >= 11 is 0. The van der Waals surface area contributed by atoms with E-state index in [1.807, 2.05) is 26.0 Å². The zero-order valence-corrected chi connectivity index (χ0v) is 16.1. The van der Waals surface area contributed by atoms with E-state index in [0.717, 1.165) is 44.6 Å². The van der Waals surface area contributed by atoms with Crippen LogP contribution in [0.25, 0.3) is 0 Å². The summed E-state index contributed by atoms with van der Waals surface area (Å²) in [4.78, 5) is 2.45. The van der Waals surface area contributed by atoms with E-state index in [4.69, 9.17) is 9.47 Å². The van der Waals surface area contributed by atoms with Gasteiger partial charge in [-0.25, -0.2) is 0 Å². The van der Waals surface area contributed by atoms with E-state index < -0.39 is 0 Å². The molecule has 1 spiro atoms. The summed E-state index contributed by atoms with van der Waals surface area (Å²) in [5.41, 5.74) is 4.39. The Hall–Kier alpha value is -2.35. The Morgan fingerprint density at radius 2 is 1.96 bits per heavy atom. The topological polar surface area (TPSA) is 45.5 Å². The van der Waals surface area contributed by atoms with Gasteiger partial charge in [-0.05, 0) is 55.5 Å². The van der Waals surface area contributed by atoms with Crippen molar-refractivity contribution in [2.45, 2.75) is 51.5 Å². The van der Waals surface area contributed by atoms with Crippen LogP contribution >= 0.6 is 0 Å². The molecule has 0 saturated carbocycles. The predicted molar refractivity (Wildman–Crippen MR) is 104 cm³/mol. The summed E-state index contributed by atoms with van der Waals surface area (Å²) < 4.78 is 12.0. The van der Waals surface area contributed by atoms with Crippen molar-refractivity contribution in [3.05, 3.63) is 64.7 Å². The van der Waals surface area contributed by atoms with Crippen LogP contribution < -0.4 is 4.74 Å². The van der Waals surface area contributed by atoms with E-state index in [1.165, 1.54) is 11.1 Å². The van der Waals surface area contributed by atoms with Crippen molar-refractivity contribution in [2.24, 2.45) is 0 Å². The minimum Gasteiger partial charge on any atom is -0.490 e. The van der Waals surface area contributed by atoms with Gasteiger partial charge in [0.25, 0.3) is 0 Å². The molecule has 1 fully saturated rings. The lowest BCUT2D eigenvalue weighted by Gasteiger charge is -2.39. The van der Waals surface area contributed by atoms with Crippen LogP contribution in [0.5, 0.6) is 5.75 Å². The molecule has 0 atom stereocenters. The van der Waals surface area contributed by atoms with Crippen molar-refractivity contribution in [3.8, 4) is 11.8 Å². The van der Waals surface area contributed by atoms with Crippen LogP contribution in [-0.4, -0.2) is 24.1 Å². The number of likely N-dealkylation sites (tertiary alicyclic amines) is 1. The third-order valence-electron chi connectivity index (χ3n) is 5.61. The van der Waals surface area contributed by atoms with Gasteiger partial charge in [0, 0.05) is 19.6 Å². The average molecular weight is 362 g/mol. The zero-order chi connectivity index (χ0) is 18.9. The van der Waals surface area contributed by atoms with Crippen molar-refractivity contribution in [3.63, 3.8) is 0 Å². The van der Waals surface area contributed by atoms with Crippen molar-refractivity contribution in [1.29, 1.82) is 5.26 Å². The standard InChI is InChI=1S/C23H26N2O2/c1-17(2)27-22-8-7-18(13-20(22)14-24)15-25-11-9-23(10-12-25)21-6-4-3-5-19(21)16-26-23/h3-8,13,17H,9-12,15-16H2,1-2H3. The summed E-state index contributed by atoms with van der Waals surface area (Å²) in [7, 11) is 0. The van der Waals surface area contributed by atoms with Gasteiger partial charge in [-0.3, -0.25) is 4.90 Å². The van der Waals surface area contributed by atoms with Crippen LogP contribution in [0, 0.1) is 11.3 Å². The first kappa shape index (κ1) is 18.0. The summed E-state index contributed by atoms with van der Waals surface area (Å²) in [6.45, 7) is 7.54. The van der Waals surface area contributed by atoms with Gasteiger partial charge in [0.05, 0.1) is 23.9 Å². The highest BCUT2D eigenvalue weighted by molar-refractivity contribution is 5.45. The molecule has 2 heterocycles. The Kier molecular flexibility index (Phi) is 4.90. The molecule has 4 heteroatoms. The Bertz CT molecular complexity index is 861. The van der Waals surface area contributed by atoms with E-state index >= 15 is 0 Å². The molecule has 0 aliphatic carbocycles. The lowest BCUT2D eigenvalue weighted by molar-refractivity contribution is -0.0799. The minimum absolute atomic E-state index is 0.0653. The zero-order valence-electron chi connectivity index (χ0n) is 16.1. The average Bonchev–Trinajstić information content (AvgIpc) is 3.03. The molecule has 2 aromatic rings. The fourth-order valence-corrected chi connectivity index (χ4v) is 4.25. The Morgan fingerprint density at radius 1 is 1.19 bits per heavy atom. The first-order chi connectivity index (χ1) is 13.1. The number of rotatable bonds is 4. The van der Waals surface area contributed by atoms with Gasteiger partial charge in [-0.1, -0.05) is 30.3 Å². The molecular weight excluding hydrogens is 336 g/mol. The largest absolute Gasteiger partial charge is 0.490 e. The molecule has 4 nitrogen and oxygen atoms in total. The number of hydrogen-bond donors (Lipinski definition) is 0. The normalized spacial score (nSPS) is 18.4. The van der Waals surface area contributed by atoms with Crippen LogP contribution in [0.1, 0.15) is 48.9 Å². The van der Waals surface area contributed by atoms with Crippen molar-refractivity contribution in [1.82, 2.24) is 4.90 Å². The lowest BCUT2D eigenvalue weighted by atomic mass is 9.84. The van der Waals surface area contributed by atoms with Crippen LogP contribution in [0.2, 0.25) is 0 Å². The van der Waals surface area contributed by atoms with E-state index in [1.54, 1.807) is 0 Å². The Morgan fingerprint density at radius 3 is 2.70 bits per heavy atom. The molecule has 0 aromatic heterocycles. The number of fused-ring (bicyclic) bond motifs is 2. The second kappa shape index (κ2) is 7.34. The van der Waals surface area contributed by atoms with Gasteiger partial charge in [-0.2, -0.15) is 5.26 Å². The summed E-state index contributed by atoms with van der Waals surface area (Å²) in [5.74, 6) is 0.671. The minimum atomic E-state index is -0.0974. The molecule has 0 amide bonds. The molecule has 2 aromatic carbocycles. The van der Waals surface area contributed by atoms with Gasteiger partial charge in [-0.15, -0.1) is 0 Å². The summed E-state index contributed by atoms with van der Waals surface area (Å²) in [6.07, 6.45) is 2.10. The van der Waals surface area contributed by atoms with Crippen LogP contribution in [0.15, 0.2) is 42.5 Å². The molecule has 1 saturated heterocycles. The SMILES string of the molecule is CC(C)Oc1ccc(CN2CCC3(CC2)OCc2ccccc23)cc1C#N. The number of hydrogen-bond acceptors (Lipinski definition) is 4. The maximum atomic E-state index is 9.43. The predicted octanol–water partition coefficient (Wildman–Crippen LogP) is 4.37. The molecule has 2 aliphatic heterocycles. The second-order valence-corrected chi connectivity index (χ2v) is 7.83. The quantitative estimate of drug-likeness (QED) is 0.810. The number of piperidine rings is 1. The molecule has 4 rings (SSSR count). The second-order valence-electron chi connectivity index (χ2n) is 7.83. The highest BCUT2D eigenvalue weighted by atomic mass is 16.5. The molecule has 2 aliphatic rings. The van der Waals surface area contributed by atoms with E-state index in [2.05, 4.69) is 41.3 Å². The van der Waals surface area contributed by atoms with Crippen molar-refractivity contribution >= 4 is 0 Å². The molecule has 0 N–H and O–H groups in total. The van der Waals surface area contributed by atoms with Crippen LogP contribution in [-0.2, 0) is 23.5 Å². The molecule has 140 valence electrons. The highest BCUT2D eigenvalue weighted by Crippen LogP contribution is 2.44. The third kappa shape index (κ3) is 3.58. The Balaban J connectivity index is 1.42. The maximum Gasteiger partial charge on any atom is 0.137 e. The Labute approximate surface area is 161 Å². The molecule has 0 bridgehead atoms. The maximum absolute atomic E-state index is 9.43. The molecule has 0 unspecified atom stereocenters. The molecular formula is C23H26N2O2. The van der Waals surface area contributed by atoms with Crippen LogP contribution in [0.4, 0.5) is 0 Å². The number of ether oxygens (including phenoxy) is 2. The number of benzene rings is 2. The fraction of sp³-hybridized carbons (Fsp3) is 0.435.